The number of hydrogen-bond donors (Lipinski definition) is 1. The fraction of sp³-hybridized carbons (Fsp3) is 0.571. The maximum absolute atomic E-state index is 13.1. The molecule has 1 aromatic carbocycles. The Morgan fingerprint density at radius 2 is 1.67 bits per heavy atom. The van der Waals surface area contributed by atoms with E-state index in [1.807, 2.05) is 5.43 Å². The van der Waals surface area contributed by atoms with Gasteiger partial charge in [-0.3, -0.25) is 10.1 Å². The summed E-state index contributed by atoms with van der Waals surface area (Å²) in [6.07, 6.45) is -3.26. The number of benzene rings is 1. The number of nitrogens with one attached hydrogen (secondary N) is 1. The maximum Gasteiger partial charge on any atom is 0.435 e. The van der Waals surface area contributed by atoms with E-state index in [0.29, 0.717) is 0 Å². The summed E-state index contributed by atoms with van der Waals surface area (Å²) in [5, 5.41) is 12.9. The summed E-state index contributed by atoms with van der Waals surface area (Å²) in [7, 11) is 0. The molecule has 1 N–H and O–H groups in total. The predicted molar refractivity (Wildman–Crippen MR) is 119 cm³/mol. The van der Waals surface area contributed by atoms with Crippen molar-refractivity contribution in [3.63, 3.8) is 0 Å². The Morgan fingerprint density at radius 3 is 2.12 bits per heavy atom. The van der Waals surface area contributed by atoms with Crippen LogP contribution in [0.4, 0.5) is 9.59 Å². The molecule has 33 heavy (non-hydrogen) atoms. The van der Waals surface area contributed by atoms with Gasteiger partial charge in [0.1, 0.15) is 11.2 Å². The van der Waals surface area contributed by atoms with E-state index in [-0.39, 0.29) is 22.2 Å². The number of hydrogen-bond acceptors (Lipinski definition) is 8. The maximum atomic E-state index is 13.1. The molecule has 12 heteroatoms. The first kappa shape index (κ1) is 28.0. The Kier molecular flexibility index (Phi) is 9.06. The lowest BCUT2D eigenvalue weighted by Gasteiger charge is -2.35. The Labute approximate surface area is 197 Å². The van der Waals surface area contributed by atoms with Gasteiger partial charge in [-0.1, -0.05) is 23.7 Å². The molecule has 1 aromatic rings. The van der Waals surface area contributed by atoms with Crippen LogP contribution in [-0.4, -0.2) is 51.6 Å². The van der Waals surface area contributed by atoms with E-state index in [9.17, 15) is 24.5 Å². The average molecular weight is 488 g/mol. The fourth-order valence-corrected chi connectivity index (χ4v) is 2.84. The molecule has 184 valence electrons. The van der Waals surface area contributed by atoms with Gasteiger partial charge < -0.3 is 14.2 Å². The highest BCUT2D eigenvalue weighted by molar-refractivity contribution is 6.30. The van der Waals surface area contributed by atoms with E-state index in [1.54, 1.807) is 20.8 Å². The van der Waals surface area contributed by atoms with Crippen LogP contribution in [0.5, 0.6) is 0 Å². The van der Waals surface area contributed by atoms with Crippen molar-refractivity contribution in [3.05, 3.63) is 45.0 Å². The first-order valence-corrected chi connectivity index (χ1v) is 10.5. The number of nitro groups is 1. The van der Waals surface area contributed by atoms with E-state index in [1.165, 1.54) is 52.0 Å². The molecule has 2 amide bonds. The van der Waals surface area contributed by atoms with Crippen molar-refractivity contribution in [2.45, 2.75) is 71.8 Å². The first-order valence-electron chi connectivity index (χ1n) is 10.1. The number of amides is 2. The van der Waals surface area contributed by atoms with Crippen LogP contribution in [0, 0.1) is 10.1 Å². The van der Waals surface area contributed by atoms with Crippen LogP contribution < -0.4 is 5.43 Å². The number of nitrogens with zero attached hydrogens (tertiary/aromatic N) is 2. The van der Waals surface area contributed by atoms with Crippen LogP contribution >= 0.6 is 11.6 Å². The van der Waals surface area contributed by atoms with Crippen LogP contribution in [0.25, 0.3) is 0 Å². The molecule has 11 nitrogen and oxygen atoms in total. The predicted octanol–water partition coefficient (Wildman–Crippen LogP) is 4.10. The number of esters is 1. The second kappa shape index (κ2) is 10.7. The first-order chi connectivity index (χ1) is 15.0. The highest BCUT2D eigenvalue weighted by Gasteiger charge is 2.62. The molecule has 0 aliphatic rings. The highest BCUT2D eigenvalue weighted by atomic mass is 35.5. The number of hydrazine groups is 1. The minimum atomic E-state index is -2.93. The van der Waals surface area contributed by atoms with Crippen molar-refractivity contribution in [3.8, 4) is 0 Å². The SMILES string of the molecule is CCOC(=O)C(Cc1cccc(Cl)c1)(N(NC(=O)OC(C)(C)C)C(=O)OC(C)(C)C)[N+](=O)[O-]. The number of carbonyl (C=O) groups is 3. The second-order valence-electron chi connectivity index (χ2n) is 9.03. The molecular formula is C21H30ClN3O8. The lowest BCUT2D eigenvalue weighted by atomic mass is 9.99. The molecule has 0 fully saturated rings. The molecule has 1 unspecified atom stereocenters. The third kappa shape index (κ3) is 8.08. The van der Waals surface area contributed by atoms with Crippen molar-refractivity contribution < 1.29 is 33.5 Å². The van der Waals surface area contributed by atoms with E-state index >= 15 is 0 Å². The quantitative estimate of drug-likeness (QED) is 0.208. The van der Waals surface area contributed by atoms with Gasteiger partial charge in [-0.15, -0.1) is 5.01 Å². The zero-order chi connectivity index (χ0) is 25.6. The Bertz CT molecular complexity index is 894. The standard InChI is InChI=1S/C21H30ClN3O8/c1-8-31-16(26)21(25(29)30,13-14-10-9-11-15(22)12-14)24(18(28)33-20(5,6)7)23-17(27)32-19(2,3)4/h9-12H,8,13H2,1-7H3,(H,23,27). The van der Waals surface area contributed by atoms with E-state index < -0.39 is 46.4 Å². The lowest BCUT2D eigenvalue weighted by Crippen LogP contribution is -2.69. The molecular weight excluding hydrogens is 458 g/mol. The van der Waals surface area contributed by atoms with Gasteiger partial charge in [0, 0.05) is 5.02 Å². The van der Waals surface area contributed by atoms with Crippen molar-refractivity contribution in [2.24, 2.45) is 0 Å². The van der Waals surface area contributed by atoms with Gasteiger partial charge in [0.2, 0.25) is 0 Å². The van der Waals surface area contributed by atoms with Crippen molar-refractivity contribution in [1.29, 1.82) is 0 Å². The summed E-state index contributed by atoms with van der Waals surface area (Å²) >= 11 is 6.00. The minimum Gasteiger partial charge on any atom is -0.459 e. The van der Waals surface area contributed by atoms with Gasteiger partial charge in [0.05, 0.1) is 18.0 Å². The Balaban J connectivity index is 3.69. The van der Waals surface area contributed by atoms with Crippen LogP contribution in [-0.2, 0) is 25.4 Å². The van der Waals surface area contributed by atoms with Gasteiger partial charge in [-0.05, 0) is 66.2 Å². The van der Waals surface area contributed by atoms with E-state index in [0.717, 1.165) is 0 Å². The average Bonchev–Trinajstić information content (AvgIpc) is 2.61. The fourth-order valence-electron chi connectivity index (χ4n) is 2.63. The van der Waals surface area contributed by atoms with Gasteiger partial charge >= 0.3 is 23.8 Å². The van der Waals surface area contributed by atoms with E-state index in [4.69, 9.17) is 25.8 Å². The molecule has 0 aliphatic carbocycles. The van der Waals surface area contributed by atoms with Gasteiger partial charge in [-0.25, -0.2) is 19.8 Å². The molecule has 0 saturated carbocycles. The molecule has 0 aromatic heterocycles. The molecule has 0 bridgehead atoms. The number of rotatable bonds is 6. The second-order valence-corrected chi connectivity index (χ2v) is 9.47. The van der Waals surface area contributed by atoms with Crippen molar-refractivity contribution in [2.75, 3.05) is 6.61 Å². The molecule has 0 saturated heterocycles. The summed E-state index contributed by atoms with van der Waals surface area (Å²) in [4.78, 5) is 50.0. The lowest BCUT2D eigenvalue weighted by molar-refractivity contribution is -0.584. The topological polar surface area (TPSA) is 137 Å². The van der Waals surface area contributed by atoms with Crippen molar-refractivity contribution in [1.82, 2.24) is 10.4 Å². The molecule has 0 heterocycles. The summed E-state index contributed by atoms with van der Waals surface area (Å²) in [5.74, 6) is -1.39. The highest BCUT2D eigenvalue weighted by Crippen LogP contribution is 2.27. The Hall–Kier alpha value is -3.08. The molecule has 1 rings (SSSR count). The third-order valence-electron chi connectivity index (χ3n) is 3.79. The van der Waals surface area contributed by atoms with Gasteiger partial charge in [0.25, 0.3) is 0 Å². The monoisotopic (exact) mass is 487 g/mol. The molecule has 0 radical (unpaired) electrons. The summed E-state index contributed by atoms with van der Waals surface area (Å²) in [5.41, 5.74) is -2.80. The normalized spacial score (nSPS) is 13.3. The Morgan fingerprint density at radius 1 is 1.09 bits per heavy atom. The number of halogens is 1. The number of carbonyl (C=O) groups excluding carboxylic acids is 3. The number of ether oxygens (including phenoxy) is 3. The third-order valence-corrected chi connectivity index (χ3v) is 4.03. The van der Waals surface area contributed by atoms with Crippen molar-refractivity contribution >= 4 is 29.8 Å². The smallest absolute Gasteiger partial charge is 0.435 e. The van der Waals surface area contributed by atoms with Gasteiger partial charge in [-0.2, -0.15) is 0 Å². The van der Waals surface area contributed by atoms with Crippen LogP contribution in [0.3, 0.4) is 0 Å². The largest absolute Gasteiger partial charge is 0.459 e. The molecule has 0 aliphatic heterocycles. The summed E-state index contributed by atoms with van der Waals surface area (Å²) in [6.45, 7) is 10.5. The summed E-state index contributed by atoms with van der Waals surface area (Å²) in [6, 6.07) is 5.92. The minimum absolute atomic E-state index is 0.200. The van der Waals surface area contributed by atoms with Crippen LogP contribution in [0.1, 0.15) is 54.0 Å². The zero-order valence-electron chi connectivity index (χ0n) is 19.8. The van der Waals surface area contributed by atoms with Gasteiger partial charge in [0.15, 0.2) is 0 Å². The molecule has 1 atom stereocenters. The summed E-state index contributed by atoms with van der Waals surface area (Å²) < 4.78 is 15.4. The van der Waals surface area contributed by atoms with Crippen LogP contribution in [0.2, 0.25) is 5.02 Å². The van der Waals surface area contributed by atoms with E-state index in [2.05, 4.69) is 0 Å². The zero-order valence-corrected chi connectivity index (χ0v) is 20.5. The molecule has 0 spiro atoms. The van der Waals surface area contributed by atoms with Crippen LogP contribution in [0.15, 0.2) is 24.3 Å².